The van der Waals surface area contributed by atoms with E-state index in [9.17, 15) is 13.2 Å². The number of rotatable bonds is 1. The molecule has 90 valence electrons. The van der Waals surface area contributed by atoms with Gasteiger partial charge in [-0.2, -0.15) is 18.4 Å². The van der Waals surface area contributed by atoms with Gasteiger partial charge in [0.15, 0.2) is 0 Å². The van der Waals surface area contributed by atoms with E-state index in [-0.39, 0.29) is 11.1 Å². The topological polar surface area (TPSA) is 36.7 Å². The van der Waals surface area contributed by atoms with Crippen LogP contribution in [0.5, 0.6) is 0 Å². The van der Waals surface area contributed by atoms with Crippen molar-refractivity contribution < 1.29 is 13.2 Å². The second-order valence-electron chi connectivity index (χ2n) is 3.57. The molecule has 0 aliphatic carbocycles. The molecule has 0 aliphatic rings. The van der Waals surface area contributed by atoms with E-state index in [0.29, 0.717) is 5.56 Å². The maximum atomic E-state index is 12.9. The van der Waals surface area contributed by atoms with E-state index < -0.39 is 11.7 Å². The minimum absolute atomic E-state index is 0.00368. The van der Waals surface area contributed by atoms with Crippen LogP contribution in [0.2, 0.25) is 0 Å². The lowest BCUT2D eigenvalue weighted by molar-refractivity contribution is -0.137. The summed E-state index contributed by atoms with van der Waals surface area (Å²) in [4.78, 5) is 3.75. The molecule has 0 spiro atoms. The highest BCUT2D eigenvalue weighted by Gasteiger charge is 2.34. The van der Waals surface area contributed by atoms with Crippen molar-refractivity contribution in [1.82, 2.24) is 4.98 Å². The molecule has 0 saturated carbocycles. The van der Waals surface area contributed by atoms with Gasteiger partial charge in [-0.1, -0.05) is 6.07 Å². The SMILES string of the molecule is N#Cc1cccc(C(F)(F)F)c1-c1ccncc1. The van der Waals surface area contributed by atoms with Crippen LogP contribution >= 0.6 is 0 Å². The number of pyridine rings is 1. The highest BCUT2D eigenvalue weighted by Crippen LogP contribution is 2.38. The van der Waals surface area contributed by atoms with Crippen molar-refractivity contribution in [2.24, 2.45) is 0 Å². The number of nitriles is 1. The molecule has 0 aliphatic heterocycles. The molecule has 0 fully saturated rings. The molecular formula is C13H7F3N2. The van der Waals surface area contributed by atoms with Crippen LogP contribution in [-0.4, -0.2) is 4.98 Å². The number of halogens is 3. The van der Waals surface area contributed by atoms with E-state index in [1.807, 2.05) is 0 Å². The minimum atomic E-state index is -4.49. The van der Waals surface area contributed by atoms with Crippen LogP contribution in [0.1, 0.15) is 11.1 Å². The number of benzene rings is 1. The largest absolute Gasteiger partial charge is 0.417 e. The Bertz CT molecular complexity index is 598. The molecule has 0 bridgehead atoms. The number of alkyl halides is 3. The number of hydrogen-bond acceptors (Lipinski definition) is 2. The lowest BCUT2D eigenvalue weighted by Crippen LogP contribution is -2.08. The Kier molecular flexibility index (Phi) is 3.02. The van der Waals surface area contributed by atoms with Crippen molar-refractivity contribution in [3.8, 4) is 17.2 Å². The van der Waals surface area contributed by atoms with Gasteiger partial charge in [0.25, 0.3) is 0 Å². The Balaban J connectivity index is 2.76. The molecule has 0 unspecified atom stereocenters. The first-order valence-electron chi connectivity index (χ1n) is 5.04. The fourth-order valence-electron chi connectivity index (χ4n) is 1.71. The van der Waals surface area contributed by atoms with Gasteiger partial charge in [-0.15, -0.1) is 0 Å². The van der Waals surface area contributed by atoms with Gasteiger partial charge in [0.2, 0.25) is 0 Å². The van der Waals surface area contributed by atoms with E-state index in [1.54, 1.807) is 6.07 Å². The summed E-state index contributed by atoms with van der Waals surface area (Å²) in [5, 5.41) is 8.94. The van der Waals surface area contributed by atoms with Crippen LogP contribution in [0, 0.1) is 11.3 Å². The number of nitrogens with zero attached hydrogens (tertiary/aromatic N) is 2. The zero-order chi connectivity index (χ0) is 13.2. The first-order chi connectivity index (χ1) is 8.54. The van der Waals surface area contributed by atoms with Crippen molar-refractivity contribution in [3.05, 3.63) is 53.9 Å². The third kappa shape index (κ3) is 2.18. The van der Waals surface area contributed by atoms with Crippen molar-refractivity contribution >= 4 is 0 Å². The summed E-state index contributed by atoms with van der Waals surface area (Å²) in [5.74, 6) is 0. The summed E-state index contributed by atoms with van der Waals surface area (Å²) in [6, 6.07) is 8.25. The number of hydrogen-bond donors (Lipinski definition) is 0. The van der Waals surface area contributed by atoms with Crippen LogP contribution in [0.15, 0.2) is 42.7 Å². The smallest absolute Gasteiger partial charge is 0.265 e. The third-order valence-corrected chi connectivity index (χ3v) is 2.46. The summed E-state index contributed by atoms with van der Waals surface area (Å²) in [6.07, 6.45) is -1.71. The van der Waals surface area contributed by atoms with Crippen LogP contribution in [0.4, 0.5) is 13.2 Å². The van der Waals surface area contributed by atoms with Crippen LogP contribution in [-0.2, 0) is 6.18 Å². The molecule has 18 heavy (non-hydrogen) atoms. The molecule has 2 rings (SSSR count). The third-order valence-electron chi connectivity index (χ3n) is 2.46. The van der Waals surface area contributed by atoms with E-state index >= 15 is 0 Å². The molecule has 2 nitrogen and oxygen atoms in total. The molecule has 0 saturated heterocycles. The highest BCUT2D eigenvalue weighted by molar-refractivity contribution is 5.74. The Labute approximate surface area is 101 Å². The summed E-state index contributed by atoms with van der Waals surface area (Å²) >= 11 is 0. The molecule has 1 aromatic carbocycles. The zero-order valence-electron chi connectivity index (χ0n) is 9.07. The maximum absolute atomic E-state index is 12.9. The summed E-state index contributed by atoms with van der Waals surface area (Å²) < 4.78 is 38.8. The van der Waals surface area contributed by atoms with Gasteiger partial charge in [-0.3, -0.25) is 4.98 Å². The van der Waals surface area contributed by atoms with E-state index in [2.05, 4.69) is 4.98 Å². The van der Waals surface area contributed by atoms with Crippen LogP contribution in [0.25, 0.3) is 11.1 Å². The van der Waals surface area contributed by atoms with Crippen LogP contribution in [0.3, 0.4) is 0 Å². The predicted octanol–water partition coefficient (Wildman–Crippen LogP) is 3.64. The van der Waals surface area contributed by atoms with E-state index in [1.165, 1.54) is 36.7 Å². The quantitative estimate of drug-likeness (QED) is 0.772. The van der Waals surface area contributed by atoms with Gasteiger partial charge >= 0.3 is 6.18 Å². The van der Waals surface area contributed by atoms with Gasteiger partial charge in [-0.25, -0.2) is 0 Å². The molecule has 0 N–H and O–H groups in total. The highest BCUT2D eigenvalue weighted by atomic mass is 19.4. The summed E-state index contributed by atoms with van der Waals surface area (Å²) in [5.41, 5.74) is -0.590. The average molecular weight is 248 g/mol. The molecule has 1 aromatic heterocycles. The van der Waals surface area contributed by atoms with Gasteiger partial charge in [0, 0.05) is 18.0 Å². The van der Waals surface area contributed by atoms with Crippen LogP contribution < -0.4 is 0 Å². The molecule has 0 amide bonds. The molecule has 5 heteroatoms. The predicted molar refractivity (Wildman–Crippen MR) is 59.4 cm³/mol. The summed E-state index contributed by atoms with van der Waals surface area (Å²) in [7, 11) is 0. The van der Waals surface area contributed by atoms with E-state index in [4.69, 9.17) is 5.26 Å². The fraction of sp³-hybridized carbons (Fsp3) is 0.0769. The van der Waals surface area contributed by atoms with E-state index in [0.717, 1.165) is 6.07 Å². The van der Waals surface area contributed by atoms with Crippen molar-refractivity contribution in [2.45, 2.75) is 6.18 Å². The molecule has 0 radical (unpaired) electrons. The van der Waals surface area contributed by atoms with Gasteiger partial charge in [0.1, 0.15) is 0 Å². The lowest BCUT2D eigenvalue weighted by Gasteiger charge is -2.14. The standard InChI is InChI=1S/C13H7F3N2/c14-13(15,16)11-3-1-2-10(8-17)12(11)9-4-6-18-7-5-9/h1-7H. The Morgan fingerprint density at radius 1 is 1.06 bits per heavy atom. The second kappa shape index (κ2) is 4.49. The number of aromatic nitrogens is 1. The first-order valence-corrected chi connectivity index (χ1v) is 5.04. The van der Waals surface area contributed by atoms with Gasteiger partial charge in [0.05, 0.1) is 17.2 Å². The second-order valence-corrected chi connectivity index (χ2v) is 3.57. The summed E-state index contributed by atoms with van der Waals surface area (Å²) in [6.45, 7) is 0. The average Bonchev–Trinajstić information content (AvgIpc) is 2.38. The monoisotopic (exact) mass is 248 g/mol. The first kappa shape index (κ1) is 12.1. The van der Waals surface area contributed by atoms with Crippen molar-refractivity contribution in [1.29, 1.82) is 5.26 Å². The molecular weight excluding hydrogens is 241 g/mol. The van der Waals surface area contributed by atoms with Crippen molar-refractivity contribution in [2.75, 3.05) is 0 Å². The molecule has 1 heterocycles. The fourth-order valence-corrected chi connectivity index (χ4v) is 1.71. The maximum Gasteiger partial charge on any atom is 0.417 e. The zero-order valence-corrected chi connectivity index (χ0v) is 9.07. The molecule has 2 aromatic rings. The lowest BCUT2D eigenvalue weighted by atomic mass is 9.95. The Morgan fingerprint density at radius 3 is 2.28 bits per heavy atom. The van der Waals surface area contributed by atoms with Gasteiger partial charge < -0.3 is 0 Å². The molecule has 0 atom stereocenters. The van der Waals surface area contributed by atoms with Crippen molar-refractivity contribution in [3.63, 3.8) is 0 Å². The Morgan fingerprint density at radius 2 is 1.72 bits per heavy atom. The van der Waals surface area contributed by atoms with Gasteiger partial charge in [-0.05, 0) is 29.8 Å². The Hall–Kier alpha value is -2.35. The normalized spacial score (nSPS) is 11.0. The minimum Gasteiger partial charge on any atom is -0.265 e.